The van der Waals surface area contributed by atoms with Gasteiger partial charge in [0.1, 0.15) is 6.54 Å². The van der Waals surface area contributed by atoms with E-state index in [-0.39, 0.29) is 12.5 Å². The van der Waals surface area contributed by atoms with Crippen molar-refractivity contribution in [3.05, 3.63) is 95.8 Å². The molecule has 1 aliphatic rings. The van der Waals surface area contributed by atoms with Crippen molar-refractivity contribution in [2.45, 2.75) is 13.3 Å². The zero-order chi connectivity index (χ0) is 21.5. The Kier molecular flexibility index (Phi) is 6.86. The molecule has 5 nitrogen and oxygen atoms in total. The minimum atomic E-state index is -1.03. The molecule has 2 aromatic rings. The Hall–Kier alpha value is -3.60. The van der Waals surface area contributed by atoms with Gasteiger partial charge in [-0.05, 0) is 53.0 Å². The second kappa shape index (κ2) is 9.74. The molecule has 0 aliphatic carbocycles. The highest BCUT2D eigenvalue weighted by Crippen LogP contribution is 2.25. The van der Waals surface area contributed by atoms with Crippen molar-refractivity contribution in [1.82, 2.24) is 10.2 Å². The SMILES string of the molecule is C=C1CNC=C(CCN(CC(=O)O)C(=O)c2ccc3ccccc3c2)/C1=C/C=C\C. The van der Waals surface area contributed by atoms with Gasteiger partial charge in [-0.3, -0.25) is 9.59 Å². The Bertz CT molecular complexity index is 1060. The van der Waals surface area contributed by atoms with Crippen molar-refractivity contribution in [2.24, 2.45) is 0 Å². The van der Waals surface area contributed by atoms with Crippen LogP contribution < -0.4 is 5.32 Å². The van der Waals surface area contributed by atoms with E-state index in [4.69, 9.17) is 0 Å². The Morgan fingerprint density at radius 2 is 1.97 bits per heavy atom. The van der Waals surface area contributed by atoms with Gasteiger partial charge < -0.3 is 15.3 Å². The molecule has 0 saturated heterocycles. The normalized spacial score (nSPS) is 15.3. The predicted molar refractivity (Wildman–Crippen MR) is 120 cm³/mol. The smallest absolute Gasteiger partial charge is 0.323 e. The number of carbonyl (C=O) groups excluding carboxylic acids is 1. The van der Waals surface area contributed by atoms with Crippen LogP contribution in [0.4, 0.5) is 0 Å². The van der Waals surface area contributed by atoms with Crippen LogP contribution >= 0.6 is 0 Å². The quantitative estimate of drug-likeness (QED) is 0.724. The third-order valence-corrected chi connectivity index (χ3v) is 5.03. The first-order valence-electron chi connectivity index (χ1n) is 9.93. The lowest BCUT2D eigenvalue weighted by molar-refractivity contribution is -0.137. The Morgan fingerprint density at radius 3 is 2.70 bits per heavy atom. The molecule has 1 aliphatic heterocycles. The first kappa shape index (κ1) is 21.1. The van der Waals surface area contributed by atoms with E-state index in [9.17, 15) is 14.7 Å². The average molecular weight is 402 g/mol. The second-order valence-corrected chi connectivity index (χ2v) is 7.19. The molecule has 0 aromatic heterocycles. The highest BCUT2D eigenvalue weighted by Gasteiger charge is 2.21. The Balaban J connectivity index is 1.81. The fourth-order valence-corrected chi connectivity index (χ4v) is 3.50. The van der Waals surface area contributed by atoms with E-state index in [1.54, 1.807) is 6.07 Å². The number of allylic oxidation sites excluding steroid dienone is 3. The molecule has 2 aromatic carbocycles. The van der Waals surface area contributed by atoms with Crippen LogP contribution in [0.15, 0.2) is 90.2 Å². The van der Waals surface area contributed by atoms with Gasteiger partial charge in [-0.1, -0.05) is 55.1 Å². The summed E-state index contributed by atoms with van der Waals surface area (Å²) in [5, 5.41) is 14.5. The van der Waals surface area contributed by atoms with Gasteiger partial charge in [0, 0.05) is 24.9 Å². The molecule has 0 radical (unpaired) electrons. The van der Waals surface area contributed by atoms with Gasteiger partial charge in [-0.15, -0.1) is 0 Å². The summed E-state index contributed by atoms with van der Waals surface area (Å²) >= 11 is 0. The lowest BCUT2D eigenvalue weighted by Gasteiger charge is -2.25. The number of carbonyl (C=O) groups is 2. The van der Waals surface area contributed by atoms with E-state index in [1.807, 2.05) is 67.7 Å². The largest absolute Gasteiger partial charge is 0.480 e. The first-order chi connectivity index (χ1) is 14.5. The molecule has 30 heavy (non-hydrogen) atoms. The van der Waals surface area contributed by atoms with Crippen LogP contribution in [0.5, 0.6) is 0 Å². The van der Waals surface area contributed by atoms with Crippen LogP contribution in [0, 0.1) is 0 Å². The number of rotatable bonds is 7. The number of fused-ring (bicyclic) bond motifs is 1. The van der Waals surface area contributed by atoms with Gasteiger partial charge in [-0.25, -0.2) is 0 Å². The highest BCUT2D eigenvalue weighted by atomic mass is 16.4. The highest BCUT2D eigenvalue weighted by molar-refractivity contribution is 5.99. The predicted octanol–water partition coefficient (Wildman–Crippen LogP) is 4.30. The molecule has 0 spiro atoms. The molecule has 0 saturated carbocycles. The van der Waals surface area contributed by atoms with Crippen molar-refractivity contribution >= 4 is 22.6 Å². The summed E-state index contributed by atoms with van der Waals surface area (Å²) in [7, 11) is 0. The summed E-state index contributed by atoms with van der Waals surface area (Å²) in [6.07, 6.45) is 8.35. The number of benzene rings is 2. The maximum absolute atomic E-state index is 13.1. The lowest BCUT2D eigenvalue weighted by atomic mass is 9.93. The van der Waals surface area contributed by atoms with Crippen molar-refractivity contribution in [1.29, 1.82) is 0 Å². The van der Waals surface area contributed by atoms with Gasteiger partial charge in [0.05, 0.1) is 0 Å². The van der Waals surface area contributed by atoms with Crippen molar-refractivity contribution in [3.8, 4) is 0 Å². The number of nitrogens with zero attached hydrogens (tertiary/aromatic N) is 1. The standard InChI is InChI=1S/C25H26N2O3/c1-3-4-9-23-18(2)15-26-16-22(23)12-13-27(17-24(28)29)25(30)21-11-10-19-7-5-6-8-20(19)14-21/h3-11,14,16,26H,2,12-13,15,17H2,1H3,(H,28,29)/b4-3-,23-9+. The van der Waals surface area contributed by atoms with Crippen LogP contribution in [0.1, 0.15) is 23.7 Å². The molecular formula is C25H26N2O3. The zero-order valence-corrected chi connectivity index (χ0v) is 17.1. The topological polar surface area (TPSA) is 69.6 Å². The number of carboxylic acids is 1. The van der Waals surface area contributed by atoms with Crippen molar-refractivity contribution < 1.29 is 14.7 Å². The molecule has 1 amide bonds. The monoisotopic (exact) mass is 402 g/mol. The average Bonchev–Trinajstić information content (AvgIpc) is 2.75. The van der Waals surface area contributed by atoms with Crippen LogP contribution in [0.25, 0.3) is 10.8 Å². The van der Waals surface area contributed by atoms with Crippen LogP contribution in [0.2, 0.25) is 0 Å². The number of hydrogen-bond donors (Lipinski definition) is 2. The molecule has 0 unspecified atom stereocenters. The fourth-order valence-electron chi connectivity index (χ4n) is 3.50. The maximum atomic E-state index is 13.1. The van der Waals surface area contributed by atoms with Gasteiger partial charge in [0.15, 0.2) is 0 Å². The second-order valence-electron chi connectivity index (χ2n) is 7.19. The fraction of sp³-hybridized carbons (Fsp3) is 0.200. The van der Waals surface area contributed by atoms with Crippen LogP contribution in [-0.4, -0.2) is 41.5 Å². The summed E-state index contributed by atoms with van der Waals surface area (Å²) in [5.41, 5.74) is 3.49. The summed E-state index contributed by atoms with van der Waals surface area (Å²) in [5.74, 6) is -1.32. The number of aliphatic carboxylic acids is 1. The van der Waals surface area contributed by atoms with E-state index < -0.39 is 5.97 Å². The number of nitrogens with one attached hydrogen (secondary N) is 1. The minimum absolute atomic E-state index is 0.287. The Morgan fingerprint density at radius 1 is 1.20 bits per heavy atom. The lowest BCUT2D eigenvalue weighted by Crippen LogP contribution is -2.37. The van der Waals surface area contributed by atoms with E-state index in [0.29, 0.717) is 25.1 Å². The van der Waals surface area contributed by atoms with Crippen molar-refractivity contribution in [3.63, 3.8) is 0 Å². The molecule has 154 valence electrons. The van der Waals surface area contributed by atoms with E-state index in [2.05, 4.69) is 11.9 Å². The van der Waals surface area contributed by atoms with Crippen molar-refractivity contribution in [2.75, 3.05) is 19.6 Å². The van der Waals surface area contributed by atoms with Gasteiger partial charge in [-0.2, -0.15) is 0 Å². The van der Waals surface area contributed by atoms with Crippen LogP contribution in [0.3, 0.4) is 0 Å². The third kappa shape index (κ3) is 5.06. The number of hydrogen-bond acceptors (Lipinski definition) is 3. The molecule has 0 bridgehead atoms. The molecule has 0 atom stereocenters. The molecular weight excluding hydrogens is 376 g/mol. The molecule has 0 fully saturated rings. The van der Waals surface area contributed by atoms with Crippen LogP contribution in [-0.2, 0) is 4.79 Å². The van der Waals surface area contributed by atoms with Gasteiger partial charge >= 0.3 is 5.97 Å². The number of carboxylic acid groups (broad SMARTS) is 1. The summed E-state index contributed by atoms with van der Waals surface area (Å²) in [4.78, 5) is 25.9. The molecule has 3 rings (SSSR count). The third-order valence-electron chi connectivity index (χ3n) is 5.03. The summed E-state index contributed by atoms with van der Waals surface area (Å²) < 4.78 is 0. The molecule has 1 heterocycles. The zero-order valence-electron chi connectivity index (χ0n) is 17.1. The van der Waals surface area contributed by atoms with Gasteiger partial charge in [0.2, 0.25) is 0 Å². The molecule has 5 heteroatoms. The van der Waals surface area contributed by atoms with E-state index in [1.165, 1.54) is 4.90 Å². The number of amides is 1. The van der Waals surface area contributed by atoms with Gasteiger partial charge in [0.25, 0.3) is 5.91 Å². The van der Waals surface area contributed by atoms with E-state index >= 15 is 0 Å². The maximum Gasteiger partial charge on any atom is 0.323 e. The summed E-state index contributed by atoms with van der Waals surface area (Å²) in [6, 6.07) is 13.2. The molecule has 2 N–H and O–H groups in total. The summed E-state index contributed by atoms with van der Waals surface area (Å²) in [6.45, 7) is 6.67. The Labute approximate surface area is 176 Å². The first-order valence-corrected chi connectivity index (χ1v) is 9.93. The minimum Gasteiger partial charge on any atom is -0.480 e. The van der Waals surface area contributed by atoms with E-state index in [0.717, 1.165) is 27.5 Å².